The SMILES string of the molecule is CC(C(=O)NCc1ccccc1)N1C(=O)C2CCCCC2C1=O. The molecule has 3 amide bonds. The number of carbonyl (C=O) groups is 3. The first-order chi connectivity index (χ1) is 11.1. The number of carbonyl (C=O) groups excluding carboxylic acids is 3. The number of likely N-dealkylation sites (tertiary alicyclic amines) is 1. The molecule has 1 saturated carbocycles. The lowest BCUT2D eigenvalue weighted by atomic mass is 9.81. The van der Waals surface area contributed by atoms with E-state index in [2.05, 4.69) is 5.32 Å². The first-order valence-corrected chi connectivity index (χ1v) is 8.28. The second-order valence-corrected chi connectivity index (χ2v) is 6.42. The lowest BCUT2D eigenvalue weighted by molar-refractivity contribution is -0.147. The summed E-state index contributed by atoms with van der Waals surface area (Å²) in [5.74, 6) is -1.03. The third kappa shape index (κ3) is 3.00. The zero-order valence-corrected chi connectivity index (χ0v) is 13.3. The summed E-state index contributed by atoms with van der Waals surface area (Å²) < 4.78 is 0. The normalized spacial score (nSPS) is 25.2. The highest BCUT2D eigenvalue weighted by molar-refractivity contribution is 6.08. The van der Waals surface area contributed by atoms with Crippen molar-refractivity contribution in [3.8, 4) is 0 Å². The van der Waals surface area contributed by atoms with E-state index in [1.165, 1.54) is 4.90 Å². The van der Waals surface area contributed by atoms with Crippen LogP contribution in [0, 0.1) is 11.8 Å². The predicted octanol–water partition coefficient (Wildman–Crippen LogP) is 1.87. The lowest BCUT2D eigenvalue weighted by Gasteiger charge is -2.22. The highest BCUT2D eigenvalue weighted by atomic mass is 16.2. The lowest BCUT2D eigenvalue weighted by Crippen LogP contribution is -2.48. The Hall–Kier alpha value is -2.17. The number of benzene rings is 1. The van der Waals surface area contributed by atoms with Gasteiger partial charge in [-0.15, -0.1) is 0 Å². The highest BCUT2D eigenvalue weighted by Crippen LogP contribution is 2.38. The second-order valence-electron chi connectivity index (χ2n) is 6.42. The van der Waals surface area contributed by atoms with Gasteiger partial charge in [-0.05, 0) is 25.3 Å². The quantitative estimate of drug-likeness (QED) is 0.863. The molecule has 5 heteroatoms. The van der Waals surface area contributed by atoms with Crippen molar-refractivity contribution in [2.45, 2.75) is 45.2 Å². The second kappa shape index (κ2) is 6.52. The van der Waals surface area contributed by atoms with Crippen LogP contribution in [0.25, 0.3) is 0 Å². The molecule has 3 atom stereocenters. The first kappa shape index (κ1) is 15.7. The molecule has 5 nitrogen and oxygen atoms in total. The maximum Gasteiger partial charge on any atom is 0.243 e. The van der Waals surface area contributed by atoms with Crippen LogP contribution in [-0.4, -0.2) is 28.7 Å². The van der Waals surface area contributed by atoms with Crippen molar-refractivity contribution in [2.24, 2.45) is 11.8 Å². The van der Waals surface area contributed by atoms with Crippen molar-refractivity contribution >= 4 is 17.7 Å². The zero-order chi connectivity index (χ0) is 16.4. The van der Waals surface area contributed by atoms with Crippen LogP contribution >= 0.6 is 0 Å². The van der Waals surface area contributed by atoms with Crippen LogP contribution in [0.3, 0.4) is 0 Å². The van der Waals surface area contributed by atoms with Crippen LogP contribution in [0.1, 0.15) is 38.2 Å². The molecule has 1 saturated heterocycles. The van der Waals surface area contributed by atoms with Gasteiger partial charge in [-0.1, -0.05) is 43.2 Å². The van der Waals surface area contributed by atoms with Gasteiger partial charge in [0.05, 0.1) is 11.8 Å². The van der Waals surface area contributed by atoms with E-state index in [9.17, 15) is 14.4 Å². The fourth-order valence-electron chi connectivity index (χ4n) is 3.62. The summed E-state index contributed by atoms with van der Waals surface area (Å²) in [5.41, 5.74) is 0.987. The molecule has 0 bridgehead atoms. The molecule has 122 valence electrons. The zero-order valence-electron chi connectivity index (χ0n) is 13.3. The summed E-state index contributed by atoms with van der Waals surface area (Å²) in [5, 5.41) is 2.81. The van der Waals surface area contributed by atoms with Gasteiger partial charge in [0.1, 0.15) is 6.04 Å². The number of amides is 3. The molecule has 1 aliphatic heterocycles. The molecule has 2 aliphatic rings. The van der Waals surface area contributed by atoms with E-state index in [0.29, 0.717) is 6.54 Å². The summed E-state index contributed by atoms with van der Waals surface area (Å²) in [4.78, 5) is 38.5. The molecule has 1 aromatic rings. The average Bonchev–Trinajstić information content (AvgIpc) is 2.84. The van der Waals surface area contributed by atoms with Crippen LogP contribution in [-0.2, 0) is 20.9 Å². The number of nitrogens with zero attached hydrogens (tertiary/aromatic N) is 1. The largest absolute Gasteiger partial charge is 0.350 e. The number of hydrogen-bond acceptors (Lipinski definition) is 3. The Bertz CT molecular complexity index is 590. The number of hydrogen-bond donors (Lipinski definition) is 1. The van der Waals surface area contributed by atoms with Gasteiger partial charge in [-0.2, -0.15) is 0 Å². The Morgan fingerprint density at radius 3 is 2.26 bits per heavy atom. The molecule has 3 unspecified atom stereocenters. The van der Waals surface area contributed by atoms with E-state index in [1.54, 1.807) is 6.92 Å². The van der Waals surface area contributed by atoms with Gasteiger partial charge in [-0.25, -0.2) is 0 Å². The fraction of sp³-hybridized carbons (Fsp3) is 0.500. The van der Waals surface area contributed by atoms with Crippen molar-refractivity contribution in [3.63, 3.8) is 0 Å². The third-order valence-electron chi connectivity index (χ3n) is 4.95. The molecule has 1 heterocycles. The predicted molar refractivity (Wildman–Crippen MR) is 85.1 cm³/mol. The van der Waals surface area contributed by atoms with Gasteiger partial charge in [0.2, 0.25) is 17.7 Å². The standard InChI is InChI=1S/C18H22N2O3/c1-12(16(21)19-11-13-7-3-2-4-8-13)20-17(22)14-9-5-6-10-15(14)18(20)23/h2-4,7-8,12,14-15H,5-6,9-11H2,1H3,(H,19,21). The minimum absolute atomic E-state index is 0.165. The van der Waals surface area contributed by atoms with E-state index >= 15 is 0 Å². The topological polar surface area (TPSA) is 66.5 Å². The Labute approximate surface area is 136 Å². The van der Waals surface area contributed by atoms with Crippen molar-refractivity contribution in [1.82, 2.24) is 10.2 Å². The molecular formula is C18H22N2O3. The Morgan fingerprint density at radius 2 is 1.70 bits per heavy atom. The van der Waals surface area contributed by atoms with Gasteiger partial charge < -0.3 is 5.32 Å². The van der Waals surface area contributed by atoms with E-state index in [4.69, 9.17) is 0 Å². The number of rotatable bonds is 4. The molecule has 23 heavy (non-hydrogen) atoms. The van der Waals surface area contributed by atoms with Gasteiger partial charge in [0, 0.05) is 6.54 Å². The van der Waals surface area contributed by atoms with Crippen LogP contribution in [0.2, 0.25) is 0 Å². The number of imide groups is 1. The van der Waals surface area contributed by atoms with Gasteiger partial charge in [0.25, 0.3) is 0 Å². The summed E-state index contributed by atoms with van der Waals surface area (Å²) in [6.07, 6.45) is 3.51. The Morgan fingerprint density at radius 1 is 1.13 bits per heavy atom. The van der Waals surface area contributed by atoms with Crippen molar-refractivity contribution in [2.75, 3.05) is 0 Å². The average molecular weight is 314 g/mol. The molecule has 1 aromatic carbocycles. The van der Waals surface area contributed by atoms with Crippen molar-refractivity contribution in [1.29, 1.82) is 0 Å². The number of nitrogens with one attached hydrogen (secondary N) is 1. The summed E-state index contributed by atoms with van der Waals surface area (Å²) in [6, 6.07) is 8.82. The Balaban J connectivity index is 1.65. The number of fused-ring (bicyclic) bond motifs is 1. The molecule has 0 spiro atoms. The van der Waals surface area contributed by atoms with E-state index in [0.717, 1.165) is 31.2 Å². The molecule has 1 N–H and O–H groups in total. The van der Waals surface area contributed by atoms with E-state index in [1.807, 2.05) is 30.3 Å². The minimum atomic E-state index is -0.746. The third-order valence-corrected chi connectivity index (χ3v) is 4.95. The monoisotopic (exact) mass is 314 g/mol. The summed E-state index contributed by atoms with van der Waals surface area (Å²) in [7, 11) is 0. The van der Waals surface area contributed by atoms with Crippen LogP contribution < -0.4 is 5.32 Å². The van der Waals surface area contributed by atoms with Gasteiger partial charge in [0.15, 0.2) is 0 Å². The molecule has 3 rings (SSSR count). The molecular weight excluding hydrogens is 292 g/mol. The maximum absolute atomic E-state index is 12.5. The van der Waals surface area contributed by atoms with E-state index in [-0.39, 0.29) is 29.6 Å². The van der Waals surface area contributed by atoms with E-state index < -0.39 is 6.04 Å². The van der Waals surface area contributed by atoms with Crippen LogP contribution in [0.15, 0.2) is 30.3 Å². The van der Waals surface area contributed by atoms with Crippen LogP contribution in [0.4, 0.5) is 0 Å². The first-order valence-electron chi connectivity index (χ1n) is 8.28. The van der Waals surface area contributed by atoms with Crippen molar-refractivity contribution < 1.29 is 14.4 Å². The summed E-state index contributed by atoms with van der Waals surface area (Å²) >= 11 is 0. The molecule has 0 radical (unpaired) electrons. The summed E-state index contributed by atoms with van der Waals surface area (Å²) in [6.45, 7) is 2.03. The van der Waals surface area contributed by atoms with Gasteiger partial charge in [-0.3, -0.25) is 19.3 Å². The molecule has 0 aromatic heterocycles. The van der Waals surface area contributed by atoms with Gasteiger partial charge >= 0.3 is 0 Å². The van der Waals surface area contributed by atoms with Crippen LogP contribution in [0.5, 0.6) is 0 Å². The fourth-order valence-corrected chi connectivity index (χ4v) is 3.62. The maximum atomic E-state index is 12.5. The smallest absolute Gasteiger partial charge is 0.243 e. The molecule has 1 aliphatic carbocycles. The Kier molecular flexibility index (Phi) is 4.46. The molecule has 2 fully saturated rings. The highest BCUT2D eigenvalue weighted by Gasteiger charge is 2.50. The van der Waals surface area contributed by atoms with Crippen molar-refractivity contribution in [3.05, 3.63) is 35.9 Å². The minimum Gasteiger partial charge on any atom is -0.350 e.